The maximum absolute atomic E-state index is 12.8. The Balaban J connectivity index is 1.84. The van der Waals surface area contributed by atoms with Crippen LogP contribution < -0.4 is 4.74 Å². The molecular formula is C20H15NO2. The van der Waals surface area contributed by atoms with Gasteiger partial charge >= 0.3 is 0 Å². The first kappa shape index (κ1) is 13.6. The molecule has 0 radical (unpaired) electrons. The third-order valence-corrected chi connectivity index (χ3v) is 4.10. The fraction of sp³-hybridized carbons (Fsp3) is 0.0500. The fourth-order valence-corrected chi connectivity index (χ4v) is 2.92. The first-order chi connectivity index (χ1) is 11.3. The van der Waals surface area contributed by atoms with Gasteiger partial charge < -0.3 is 9.72 Å². The molecule has 23 heavy (non-hydrogen) atoms. The molecule has 0 fully saturated rings. The van der Waals surface area contributed by atoms with E-state index in [4.69, 9.17) is 4.74 Å². The van der Waals surface area contributed by atoms with Crippen molar-refractivity contribution in [1.29, 1.82) is 0 Å². The summed E-state index contributed by atoms with van der Waals surface area (Å²) in [6.07, 6.45) is 0. The van der Waals surface area contributed by atoms with Crippen LogP contribution in [0.3, 0.4) is 0 Å². The largest absolute Gasteiger partial charge is 0.497 e. The highest BCUT2D eigenvalue weighted by molar-refractivity contribution is 6.14. The third kappa shape index (κ3) is 2.27. The van der Waals surface area contributed by atoms with Gasteiger partial charge in [0, 0.05) is 32.9 Å². The Bertz CT molecular complexity index is 1030. The number of ketones is 1. The molecule has 3 heteroatoms. The molecule has 4 rings (SSSR count). The Kier molecular flexibility index (Phi) is 3.12. The summed E-state index contributed by atoms with van der Waals surface area (Å²) < 4.78 is 5.20. The SMILES string of the molecule is COc1cccc(C(=O)c2ccc3[nH]c4ccccc4c3c2)c1. The molecule has 0 aliphatic carbocycles. The highest BCUT2D eigenvalue weighted by Crippen LogP contribution is 2.27. The van der Waals surface area contributed by atoms with Crippen molar-refractivity contribution in [2.24, 2.45) is 0 Å². The summed E-state index contributed by atoms with van der Waals surface area (Å²) in [7, 11) is 1.60. The lowest BCUT2D eigenvalue weighted by Gasteiger charge is -2.04. The monoisotopic (exact) mass is 301 g/mol. The number of fused-ring (bicyclic) bond motifs is 3. The molecule has 112 valence electrons. The molecule has 0 saturated heterocycles. The van der Waals surface area contributed by atoms with Crippen molar-refractivity contribution in [3.63, 3.8) is 0 Å². The zero-order valence-corrected chi connectivity index (χ0v) is 12.7. The second-order valence-corrected chi connectivity index (χ2v) is 5.49. The van der Waals surface area contributed by atoms with Crippen molar-refractivity contribution in [2.45, 2.75) is 0 Å². The molecule has 1 N–H and O–H groups in total. The van der Waals surface area contributed by atoms with E-state index < -0.39 is 0 Å². The van der Waals surface area contributed by atoms with Gasteiger partial charge in [0.2, 0.25) is 0 Å². The van der Waals surface area contributed by atoms with Crippen LogP contribution >= 0.6 is 0 Å². The zero-order valence-electron chi connectivity index (χ0n) is 12.7. The van der Waals surface area contributed by atoms with E-state index in [0.717, 1.165) is 21.8 Å². The van der Waals surface area contributed by atoms with Gasteiger partial charge in [-0.05, 0) is 36.4 Å². The molecule has 0 bridgehead atoms. The molecule has 1 aromatic heterocycles. The first-order valence-corrected chi connectivity index (χ1v) is 7.45. The molecule has 0 aliphatic heterocycles. The molecule has 3 aromatic carbocycles. The molecule has 0 spiro atoms. The average Bonchev–Trinajstić information content (AvgIpc) is 2.99. The van der Waals surface area contributed by atoms with Crippen LogP contribution in [0.5, 0.6) is 5.75 Å². The van der Waals surface area contributed by atoms with Gasteiger partial charge in [-0.2, -0.15) is 0 Å². The topological polar surface area (TPSA) is 42.1 Å². The standard InChI is InChI=1S/C20H15NO2/c1-23-15-6-4-5-13(11-15)20(22)14-9-10-19-17(12-14)16-7-2-3-8-18(16)21-19/h2-12,21H,1H3. The minimum Gasteiger partial charge on any atom is -0.497 e. The van der Waals surface area contributed by atoms with Gasteiger partial charge in [-0.1, -0.05) is 30.3 Å². The first-order valence-electron chi connectivity index (χ1n) is 7.45. The van der Waals surface area contributed by atoms with Gasteiger partial charge in [0.15, 0.2) is 5.78 Å². The Labute approximate surface area is 133 Å². The van der Waals surface area contributed by atoms with Crippen LogP contribution in [0.25, 0.3) is 21.8 Å². The number of carbonyl (C=O) groups is 1. The van der Waals surface area contributed by atoms with Crippen molar-refractivity contribution in [3.8, 4) is 5.75 Å². The number of para-hydroxylation sites is 1. The highest BCUT2D eigenvalue weighted by Gasteiger charge is 2.12. The van der Waals surface area contributed by atoms with Gasteiger partial charge in [-0.3, -0.25) is 4.79 Å². The molecule has 4 aromatic rings. The fourth-order valence-electron chi connectivity index (χ4n) is 2.92. The number of rotatable bonds is 3. The molecule has 3 nitrogen and oxygen atoms in total. The normalized spacial score (nSPS) is 11.0. The predicted octanol–water partition coefficient (Wildman–Crippen LogP) is 4.56. The molecule has 0 aliphatic rings. The smallest absolute Gasteiger partial charge is 0.193 e. The van der Waals surface area contributed by atoms with Gasteiger partial charge in [0.25, 0.3) is 0 Å². The number of benzene rings is 3. The molecular weight excluding hydrogens is 286 g/mol. The Morgan fingerprint density at radius 2 is 1.61 bits per heavy atom. The van der Waals surface area contributed by atoms with Crippen molar-refractivity contribution >= 4 is 27.6 Å². The summed E-state index contributed by atoms with van der Waals surface area (Å²) in [6.45, 7) is 0. The zero-order chi connectivity index (χ0) is 15.8. The summed E-state index contributed by atoms with van der Waals surface area (Å²) in [5, 5.41) is 2.19. The second kappa shape index (κ2) is 5.29. The maximum Gasteiger partial charge on any atom is 0.193 e. The number of H-pyrrole nitrogens is 1. The van der Waals surface area contributed by atoms with Gasteiger partial charge in [-0.25, -0.2) is 0 Å². The lowest BCUT2D eigenvalue weighted by Crippen LogP contribution is -2.01. The van der Waals surface area contributed by atoms with E-state index in [1.54, 1.807) is 13.2 Å². The number of aromatic nitrogens is 1. The van der Waals surface area contributed by atoms with Crippen LogP contribution in [0.15, 0.2) is 66.7 Å². The highest BCUT2D eigenvalue weighted by atomic mass is 16.5. The van der Waals surface area contributed by atoms with E-state index in [1.807, 2.05) is 54.6 Å². The summed E-state index contributed by atoms with van der Waals surface area (Å²) in [6, 6.07) is 21.1. The second-order valence-electron chi connectivity index (χ2n) is 5.49. The van der Waals surface area contributed by atoms with Crippen LogP contribution in [0.4, 0.5) is 0 Å². The van der Waals surface area contributed by atoms with Crippen LogP contribution in [0.1, 0.15) is 15.9 Å². The Morgan fingerprint density at radius 3 is 2.48 bits per heavy atom. The van der Waals surface area contributed by atoms with Gasteiger partial charge in [0.05, 0.1) is 7.11 Å². The number of carbonyl (C=O) groups excluding carboxylic acids is 1. The summed E-state index contributed by atoms with van der Waals surface area (Å²) in [4.78, 5) is 16.1. The van der Waals surface area contributed by atoms with E-state index in [0.29, 0.717) is 16.9 Å². The molecule has 1 heterocycles. The van der Waals surface area contributed by atoms with Crippen molar-refractivity contribution in [3.05, 3.63) is 77.9 Å². The molecule has 0 unspecified atom stereocenters. The number of hydrogen-bond acceptors (Lipinski definition) is 2. The third-order valence-electron chi connectivity index (χ3n) is 4.10. The lowest BCUT2D eigenvalue weighted by molar-refractivity contribution is 0.103. The minimum absolute atomic E-state index is 0.00363. The quantitative estimate of drug-likeness (QED) is 0.564. The summed E-state index contributed by atoms with van der Waals surface area (Å²) >= 11 is 0. The number of nitrogens with one attached hydrogen (secondary N) is 1. The maximum atomic E-state index is 12.8. The molecule has 0 atom stereocenters. The summed E-state index contributed by atoms with van der Waals surface area (Å²) in [5.74, 6) is 0.681. The molecule has 0 amide bonds. The van der Waals surface area contributed by atoms with Crippen molar-refractivity contribution in [1.82, 2.24) is 4.98 Å². The van der Waals surface area contributed by atoms with Crippen LogP contribution in [-0.4, -0.2) is 17.9 Å². The van der Waals surface area contributed by atoms with Crippen LogP contribution in [0, 0.1) is 0 Å². The minimum atomic E-state index is -0.00363. The van der Waals surface area contributed by atoms with E-state index in [9.17, 15) is 4.79 Å². The van der Waals surface area contributed by atoms with E-state index in [1.165, 1.54) is 0 Å². The van der Waals surface area contributed by atoms with Crippen molar-refractivity contribution in [2.75, 3.05) is 7.11 Å². The average molecular weight is 301 g/mol. The van der Waals surface area contributed by atoms with Gasteiger partial charge in [0.1, 0.15) is 5.75 Å². The number of ether oxygens (including phenoxy) is 1. The van der Waals surface area contributed by atoms with Crippen molar-refractivity contribution < 1.29 is 9.53 Å². The predicted molar refractivity (Wildman–Crippen MR) is 92.2 cm³/mol. The summed E-state index contributed by atoms with van der Waals surface area (Å²) in [5.41, 5.74) is 3.42. The number of methoxy groups -OCH3 is 1. The lowest BCUT2D eigenvalue weighted by atomic mass is 10.0. The van der Waals surface area contributed by atoms with Crippen LogP contribution in [0.2, 0.25) is 0 Å². The van der Waals surface area contributed by atoms with Gasteiger partial charge in [-0.15, -0.1) is 0 Å². The van der Waals surface area contributed by atoms with Crippen LogP contribution in [-0.2, 0) is 0 Å². The number of hydrogen-bond donors (Lipinski definition) is 1. The van der Waals surface area contributed by atoms with E-state index in [-0.39, 0.29) is 5.78 Å². The van der Waals surface area contributed by atoms with E-state index >= 15 is 0 Å². The van der Waals surface area contributed by atoms with E-state index in [2.05, 4.69) is 11.1 Å². The Morgan fingerprint density at radius 1 is 0.826 bits per heavy atom. The molecule has 0 saturated carbocycles. The Hall–Kier alpha value is -3.07. The number of aromatic amines is 1.